The first-order valence-electron chi connectivity index (χ1n) is 10.1. The second kappa shape index (κ2) is 9.86. The lowest BCUT2D eigenvalue weighted by atomic mass is 10.1. The SMILES string of the molecule is Cc1ccc(S(=O)(=O)N2CCCCC2)cc1NC(=O)CNC(=O)Cc1ccccc1. The Labute approximate surface area is 177 Å². The molecule has 7 nitrogen and oxygen atoms in total. The van der Waals surface area contributed by atoms with Crippen molar-refractivity contribution in [3.63, 3.8) is 0 Å². The summed E-state index contributed by atoms with van der Waals surface area (Å²) in [6, 6.07) is 14.0. The van der Waals surface area contributed by atoms with E-state index >= 15 is 0 Å². The van der Waals surface area contributed by atoms with E-state index in [4.69, 9.17) is 0 Å². The summed E-state index contributed by atoms with van der Waals surface area (Å²) in [5.41, 5.74) is 2.04. The summed E-state index contributed by atoms with van der Waals surface area (Å²) >= 11 is 0. The quantitative estimate of drug-likeness (QED) is 0.707. The predicted octanol–water partition coefficient (Wildman–Crippen LogP) is 2.47. The fraction of sp³-hybridized carbons (Fsp3) is 0.364. The van der Waals surface area contributed by atoms with E-state index in [1.54, 1.807) is 19.1 Å². The van der Waals surface area contributed by atoms with Gasteiger partial charge in [0.25, 0.3) is 0 Å². The Balaban J connectivity index is 1.61. The van der Waals surface area contributed by atoms with Crippen LogP contribution in [0.15, 0.2) is 53.4 Å². The Morgan fingerprint density at radius 2 is 1.67 bits per heavy atom. The summed E-state index contributed by atoms with van der Waals surface area (Å²) in [6.45, 7) is 2.64. The molecule has 3 rings (SSSR count). The fourth-order valence-electron chi connectivity index (χ4n) is 3.37. The van der Waals surface area contributed by atoms with Gasteiger partial charge in [0.05, 0.1) is 17.9 Å². The largest absolute Gasteiger partial charge is 0.347 e. The average molecular weight is 430 g/mol. The molecule has 2 amide bonds. The molecule has 1 saturated heterocycles. The number of hydrogen-bond acceptors (Lipinski definition) is 4. The summed E-state index contributed by atoms with van der Waals surface area (Å²) in [4.78, 5) is 24.5. The van der Waals surface area contributed by atoms with E-state index in [0.717, 1.165) is 30.4 Å². The summed E-state index contributed by atoms with van der Waals surface area (Å²) in [5.74, 6) is -0.665. The molecule has 0 radical (unpaired) electrons. The molecule has 0 unspecified atom stereocenters. The van der Waals surface area contributed by atoms with Gasteiger partial charge >= 0.3 is 0 Å². The van der Waals surface area contributed by atoms with Gasteiger partial charge in [0.15, 0.2) is 0 Å². The van der Waals surface area contributed by atoms with E-state index in [-0.39, 0.29) is 23.8 Å². The topological polar surface area (TPSA) is 95.6 Å². The van der Waals surface area contributed by atoms with Crippen LogP contribution in [0.4, 0.5) is 5.69 Å². The van der Waals surface area contributed by atoms with Crippen molar-refractivity contribution in [1.29, 1.82) is 0 Å². The number of anilines is 1. The maximum Gasteiger partial charge on any atom is 0.243 e. The van der Waals surface area contributed by atoms with Gasteiger partial charge in [0.2, 0.25) is 21.8 Å². The molecule has 1 aliphatic heterocycles. The van der Waals surface area contributed by atoms with Crippen LogP contribution in [-0.2, 0) is 26.0 Å². The average Bonchev–Trinajstić information content (AvgIpc) is 2.75. The number of piperidine rings is 1. The molecule has 0 saturated carbocycles. The van der Waals surface area contributed by atoms with E-state index in [1.165, 1.54) is 10.4 Å². The first-order chi connectivity index (χ1) is 14.4. The van der Waals surface area contributed by atoms with Crippen molar-refractivity contribution < 1.29 is 18.0 Å². The summed E-state index contributed by atoms with van der Waals surface area (Å²) in [7, 11) is -3.59. The van der Waals surface area contributed by atoms with Crippen LogP contribution in [-0.4, -0.2) is 44.2 Å². The predicted molar refractivity (Wildman–Crippen MR) is 116 cm³/mol. The van der Waals surface area contributed by atoms with Crippen molar-refractivity contribution in [3.05, 3.63) is 59.7 Å². The van der Waals surface area contributed by atoms with Crippen LogP contribution in [0.5, 0.6) is 0 Å². The fourth-order valence-corrected chi connectivity index (χ4v) is 4.91. The molecule has 2 N–H and O–H groups in total. The number of rotatable bonds is 7. The number of amides is 2. The molecule has 1 fully saturated rings. The molecule has 0 spiro atoms. The molecule has 1 aliphatic rings. The number of nitrogens with zero attached hydrogens (tertiary/aromatic N) is 1. The van der Waals surface area contributed by atoms with Crippen LogP contribution in [0, 0.1) is 6.92 Å². The van der Waals surface area contributed by atoms with Gasteiger partial charge < -0.3 is 10.6 Å². The molecule has 2 aromatic carbocycles. The molecule has 160 valence electrons. The van der Waals surface area contributed by atoms with Crippen LogP contribution >= 0.6 is 0 Å². The minimum Gasteiger partial charge on any atom is -0.347 e. The molecule has 0 aromatic heterocycles. The van der Waals surface area contributed by atoms with Crippen molar-refractivity contribution in [1.82, 2.24) is 9.62 Å². The highest BCUT2D eigenvalue weighted by molar-refractivity contribution is 7.89. The highest BCUT2D eigenvalue weighted by Crippen LogP contribution is 2.25. The van der Waals surface area contributed by atoms with Gasteiger partial charge in [-0.2, -0.15) is 4.31 Å². The normalized spacial score (nSPS) is 14.8. The van der Waals surface area contributed by atoms with Gasteiger partial charge in [0.1, 0.15) is 0 Å². The zero-order valence-corrected chi connectivity index (χ0v) is 17.9. The summed E-state index contributed by atoms with van der Waals surface area (Å²) in [5, 5.41) is 5.30. The second-order valence-electron chi connectivity index (χ2n) is 7.43. The highest BCUT2D eigenvalue weighted by atomic mass is 32.2. The van der Waals surface area contributed by atoms with Crippen LogP contribution in [0.25, 0.3) is 0 Å². The molecule has 8 heteroatoms. The Hall–Kier alpha value is -2.71. The van der Waals surface area contributed by atoms with Crippen molar-refractivity contribution in [2.24, 2.45) is 0 Å². The molecule has 0 bridgehead atoms. The number of hydrogen-bond donors (Lipinski definition) is 2. The van der Waals surface area contributed by atoms with Gasteiger partial charge in [0, 0.05) is 18.8 Å². The summed E-state index contributed by atoms with van der Waals surface area (Å²) in [6.07, 6.45) is 2.95. The molecule has 30 heavy (non-hydrogen) atoms. The van der Waals surface area contributed by atoms with E-state index in [9.17, 15) is 18.0 Å². The van der Waals surface area contributed by atoms with Gasteiger partial charge in [-0.1, -0.05) is 42.8 Å². The van der Waals surface area contributed by atoms with E-state index in [0.29, 0.717) is 18.8 Å². The standard InChI is InChI=1S/C22H27N3O4S/c1-17-10-11-19(30(28,29)25-12-6-3-7-13-25)15-20(17)24-22(27)16-23-21(26)14-18-8-4-2-5-9-18/h2,4-5,8-11,15H,3,6-7,12-14,16H2,1H3,(H,23,26)(H,24,27). The first kappa shape index (κ1) is 22.0. The highest BCUT2D eigenvalue weighted by Gasteiger charge is 2.26. The van der Waals surface area contributed by atoms with Gasteiger partial charge in [-0.05, 0) is 43.0 Å². The number of aryl methyl sites for hydroxylation is 1. The van der Waals surface area contributed by atoms with Crippen molar-refractivity contribution in [2.75, 3.05) is 25.0 Å². The maximum atomic E-state index is 12.9. The minimum atomic E-state index is -3.59. The first-order valence-corrected chi connectivity index (χ1v) is 11.5. The van der Waals surface area contributed by atoms with Crippen LogP contribution in [0.3, 0.4) is 0 Å². The number of nitrogens with one attached hydrogen (secondary N) is 2. The smallest absolute Gasteiger partial charge is 0.243 e. The zero-order valence-electron chi connectivity index (χ0n) is 17.1. The Morgan fingerprint density at radius 1 is 0.967 bits per heavy atom. The molecular weight excluding hydrogens is 402 g/mol. The molecule has 1 heterocycles. The van der Waals surface area contributed by atoms with E-state index in [1.807, 2.05) is 30.3 Å². The van der Waals surface area contributed by atoms with Gasteiger partial charge in [-0.25, -0.2) is 8.42 Å². The Kier molecular flexibility index (Phi) is 7.23. The van der Waals surface area contributed by atoms with Crippen molar-refractivity contribution in [2.45, 2.75) is 37.5 Å². The number of benzene rings is 2. The minimum absolute atomic E-state index is 0.165. The van der Waals surface area contributed by atoms with Crippen molar-refractivity contribution in [3.8, 4) is 0 Å². The van der Waals surface area contributed by atoms with Crippen LogP contribution in [0.2, 0.25) is 0 Å². The molecule has 0 aliphatic carbocycles. The summed E-state index contributed by atoms with van der Waals surface area (Å²) < 4.78 is 27.3. The van der Waals surface area contributed by atoms with Crippen molar-refractivity contribution >= 4 is 27.5 Å². The number of sulfonamides is 1. The third-order valence-corrected chi connectivity index (χ3v) is 6.98. The van der Waals surface area contributed by atoms with Gasteiger partial charge in [-0.3, -0.25) is 9.59 Å². The molecule has 2 aromatic rings. The molecular formula is C22H27N3O4S. The lowest BCUT2D eigenvalue weighted by Crippen LogP contribution is -2.36. The van der Waals surface area contributed by atoms with E-state index < -0.39 is 15.9 Å². The maximum absolute atomic E-state index is 12.9. The number of carbonyl (C=O) groups excluding carboxylic acids is 2. The lowest BCUT2D eigenvalue weighted by molar-refractivity contribution is -0.123. The Bertz CT molecular complexity index is 1000. The monoisotopic (exact) mass is 429 g/mol. The van der Waals surface area contributed by atoms with E-state index in [2.05, 4.69) is 10.6 Å². The van der Waals surface area contributed by atoms with Crippen LogP contribution < -0.4 is 10.6 Å². The zero-order chi connectivity index (χ0) is 21.6. The molecule has 0 atom stereocenters. The lowest BCUT2D eigenvalue weighted by Gasteiger charge is -2.26. The number of carbonyl (C=O) groups is 2. The Morgan fingerprint density at radius 3 is 2.37 bits per heavy atom. The van der Waals surface area contributed by atoms with Gasteiger partial charge in [-0.15, -0.1) is 0 Å². The second-order valence-corrected chi connectivity index (χ2v) is 9.37. The van der Waals surface area contributed by atoms with Crippen LogP contribution in [0.1, 0.15) is 30.4 Å². The third-order valence-electron chi connectivity index (χ3n) is 5.09. The third kappa shape index (κ3) is 5.67.